The molecule has 0 saturated heterocycles. The Labute approximate surface area is 123 Å². The second kappa shape index (κ2) is 5.91. The fourth-order valence-corrected chi connectivity index (χ4v) is 2.28. The Balaban J connectivity index is 2.16. The highest BCUT2D eigenvalue weighted by atomic mass is 79.9. The number of halogens is 4. The third-order valence-corrected chi connectivity index (χ3v) is 3.60. The first-order valence-corrected chi connectivity index (χ1v) is 6.74. The average Bonchev–Trinajstić information content (AvgIpc) is 2.34. The molecule has 0 radical (unpaired) electrons. The number of anilines is 1. The molecule has 1 nitrogen and oxygen atoms in total. The zero-order chi connectivity index (χ0) is 13.1. The van der Waals surface area contributed by atoms with E-state index in [-0.39, 0.29) is 5.82 Å². The van der Waals surface area contributed by atoms with Gasteiger partial charge in [-0.25, -0.2) is 4.39 Å². The van der Waals surface area contributed by atoms with Crippen LogP contribution in [0.5, 0.6) is 0 Å². The summed E-state index contributed by atoms with van der Waals surface area (Å²) in [7, 11) is 0. The van der Waals surface area contributed by atoms with Crippen molar-refractivity contribution in [2.45, 2.75) is 6.54 Å². The van der Waals surface area contributed by atoms with Gasteiger partial charge >= 0.3 is 0 Å². The maximum atomic E-state index is 13.1. The first kappa shape index (κ1) is 13.7. The zero-order valence-corrected chi connectivity index (χ0v) is 12.3. The van der Waals surface area contributed by atoms with Crippen LogP contribution < -0.4 is 5.32 Å². The molecule has 2 aromatic carbocycles. The molecule has 0 bridgehead atoms. The highest BCUT2D eigenvalue weighted by molar-refractivity contribution is 9.10. The number of nitrogens with one attached hydrogen (secondary N) is 1. The van der Waals surface area contributed by atoms with Crippen molar-refractivity contribution in [3.8, 4) is 0 Å². The monoisotopic (exact) mass is 347 g/mol. The van der Waals surface area contributed by atoms with Gasteiger partial charge in [0.1, 0.15) is 5.82 Å². The van der Waals surface area contributed by atoms with E-state index in [0.717, 1.165) is 10.0 Å². The van der Waals surface area contributed by atoms with Crippen molar-refractivity contribution in [1.82, 2.24) is 0 Å². The van der Waals surface area contributed by atoms with Crippen LogP contribution in [-0.4, -0.2) is 0 Å². The highest BCUT2D eigenvalue weighted by Gasteiger charge is 2.04. The van der Waals surface area contributed by atoms with E-state index < -0.39 is 0 Å². The van der Waals surface area contributed by atoms with E-state index in [1.807, 2.05) is 12.1 Å². The van der Waals surface area contributed by atoms with Gasteiger partial charge in [0.2, 0.25) is 0 Å². The predicted octanol–water partition coefficient (Wildman–Crippen LogP) is 5.51. The van der Waals surface area contributed by atoms with Crippen LogP contribution in [-0.2, 0) is 6.54 Å². The van der Waals surface area contributed by atoms with Crippen LogP contribution >= 0.6 is 39.1 Å². The van der Waals surface area contributed by atoms with E-state index in [1.165, 1.54) is 18.2 Å². The molecule has 5 heteroatoms. The fraction of sp³-hybridized carbons (Fsp3) is 0.0769. The van der Waals surface area contributed by atoms with Gasteiger partial charge in [-0.2, -0.15) is 0 Å². The van der Waals surface area contributed by atoms with Gasteiger partial charge in [0.15, 0.2) is 0 Å². The van der Waals surface area contributed by atoms with Crippen molar-refractivity contribution in [3.63, 3.8) is 0 Å². The summed E-state index contributed by atoms with van der Waals surface area (Å²) in [6.45, 7) is 0.474. The third-order valence-electron chi connectivity index (χ3n) is 2.41. The lowest BCUT2D eigenvalue weighted by atomic mass is 10.2. The summed E-state index contributed by atoms with van der Waals surface area (Å²) < 4.78 is 14.0. The third kappa shape index (κ3) is 3.37. The summed E-state index contributed by atoms with van der Waals surface area (Å²) in [6, 6.07) is 9.76. The van der Waals surface area contributed by atoms with E-state index in [4.69, 9.17) is 23.2 Å². The molecule has 2 aromatic rings. The molecule has 0 saturated carbocycles. The van der Waals surface area contributed by atoms with Crippen LogP contribution in [0.3, 0.4) is 0 Å². The van der Waals surface area contributed by atoms with Crippen molar-refractivity contribution in [1.29, 1.82) is 0 Å². The predicted molar refractivity (Wildman–Crippen MR) is 77.9 cm³/mol. The van der Waals surface area contributed by atoms with Gasteiger partial charge < -0.3 is 5.32 Å². The Bertz CT molecular complexity index is 523. The minimum atomic E-state index is -0.331. The summed E-state index contributed by atoms with van der Waals surface area (Å²) >= 11 is 15.4. The quantitative estimate of drug-likeness (QED) is 0.771. The molecule has 1 N–H and O–H groups in total. The molecule has 2 rings (SSSR count). The van der Waals surface area contributed by atoms with Gasteiger partial charge in [0.25, 0.3) is 0 Å². The second-order valence-electron chi connectivity index (χ2n) is 3.71. The zero-order valence-electron chi connectivity index (χ0n) is 9.18. The molecule has 0 fully saturated rings. The fourth-order valence-electron chi connectivity index (χ4n) is 1.50. The van der Waals surface area contributed by atoms with E-state index in [0.29, 0.717) is 22.3 Å². The topological polar surface area (TPSA) is 12.0 Å². The van der Waals surface area contributed by atoms with Crippen LogP contribution in [0.4, 0.5) is 10.1 Å². The Kier molecular flexibility index (Phi) is 4.49. The Morgan fingerprint density at radius 3 is 2.56 bits per heavy atom. The van der Waals surface area contributed by atoms with Crippen molar-refractivity contribution >= 4 is 44.8 Å². The van der Waals surface area contributed by atoms with Crippen molar-refractivity contribution in [2.75, 3.05) is 5.32 Å². The van der Waals surface area contributed by atoms with Crippen LogP contribution in [0.2, 0.25) is 10.0 Å². The number of rotatable bonds is 3. The molecule has 18 heavy (non-hydrogen) atoms. The minimum Gasteiger partial charge on any atom is -0.380 e. The van der Waals surface area contributed by atoms with E-state index >= 15 is 0 Å². The van der Waals surface area contributed by atoms with E-state index in [1.54, 1.807) is 6.07 Å². The number of hydrogen-bond acceptors (Lipinski definition) is 1. The molecule has 94 valence electrons. The van der Waals surface area contributed by atoms with Gasteiger partial charge in [0, 0.05) is 16.0 Å². The Morgan fingerprint density at radius 1 is 1.06 bits per heavy atom. The normalized spacial score (nSPS) is 10.4. The van der Waals surface area contributed by atoms with E-state index in [9.17, 15) is 4.39 Å². The first-order chi connectivity index (χ1) is 8.56. The molecule has 0 amide bonds. The van der Waals surface area contributed by atoms with Gasteiger partial charge in [-0.3, -0.25) is 0 Å². The summed E-state index contributed by atoms with van der Waals surface area (Å²) in [5, 5.41) is 4.19. The van der Waals surface area contributed by atoms with Crippen LogP contribution in [0.15, 0.2) is 40.9 Å². The molecule has 0 unspecified atom stereocenters. The molecule has 0 atom stereocenters. The lowest BCUT2D eigenvalue weighted by Crippen LogP contribution is -2.01. The van der Waals surface area contributed by atoms with E-state index in [2.05, 4.69) is 21.2 Å². The highest BCUT2D eigenvalue weighted by Crippen LogP contribution is 2.25. The lowest BCUT2D eigenvalue weighted by molar-refractivity contribution is 0.628. The van der Waals surface area contributed by atoms with Gasteiger partial charge in [-0.15, -0.1) is 0 Å². The standard InChI is InChI=1S/C13H9BrCl2FN/c14-9-1-3-11(15)8(5-9)7-18-13-6-10(17)2-4-12(13)16/h1-6,18H,7H2. The number of hydrogen-bond donors (Lipinski definition) is 1. The molecule has 0 heterocycles. The summed E-state index contributed by atoms with van der Waals surface area (Å²) in [5.41, 5.74) is 1.46. The van der Waals surface area contributed by atoms with Gasteiger partial charge in [0.05, 0.1) is 10.7 Å². The molecular formula is C13H9BrCl2FN. The second-order valence-corrected chi connectivity index (χ2v) is 5.44. The van der Waals surface area contributed by atoms with Crippen molar-refractivity contribution < 1.29 is 4.39 Å². The maximum absolute atomic E-state index is 13.1. The summed E-state index contributed by atoms with van der Waals surface area (Å²) in [5.74, 6) is -0.331. The van der Waals surface area contributed by atoms with Crippen molar-refractivity contribution in [2.24, 2.45) is 0 Å². The summed E-state index contributed by atoms with van der Waals surface area (Å²) in [4.78, 5) is 0. The molecule has 0 aromatic heterocycles. The number of benzene rings is 2. The average molecular weight is 349 g/mol. The van der Waals surface area contributed by atoms with Crippen LogP contribution in [0.1, 0.15) is 5.56 Å². The maximum Gasteiger partial charge on any atom is 0.125 e. The van der Waals surface area contributed by atoms with Crippen molar-refractivity contribution in [3.05, 3.63) is 62.3 Å². The molecule has 0 aliphatic carbocycles. The van der Waals surface area contributed by atoms with Gasteiger partial charge in [-0.05, 0) is 42.0 Å². The minimum absolute atomic E-state index is 0.331. The Morgan fingerprint density at radius 2 is 1.78 bits per heavy atom. The SMILES string of the molecule is Fc1ccc(Cl)c(NCc2cc(Br)ccc2Cl)c1. The van der Waals surface area contributed by atoms with Gasteiger partial charge in [-0.1, -0.05) is 39.1 Å². The molecule has 0 aliphatic rings. The summed E-state index contributed by atoms with van der Waals surface area (Å²) in [6.07, 6.45) is 0. The molecule has 0 spiro atoms. The Hall–Kier alpha value is -0.770. The first-order valence-electron chi connectivity index (χ1n) is 5.19. The lowest BCUT2D eigenvalue weighted by Gasteiger charge is -2.10. The molecular weight excluding hydrogens is 340 g/mol. The van der Waals surface area contributed by atoms with Crippen LogP contribution in [0, 0.1) is 5.82 Å². The smallest absolute Gasteiger partial charge is 0.125 e. The largest absolute Gasteiger partial charge is 0.380 e. The van der Waals surface area contributed by atoms with Crippen LogP contribution in [0.25, 0.3) is 0 Å². The molecule has 0 aliphatic heterocycles.